The molecule has 0 saturated carbocycles. The number of ether oxygens (including phenoxy) is 2. The molecule has 3 aromatic rings. The van der Waals surface area contributed by atoms with E-state index in [1.54, 1.807) is 7.05 Å². The topological polar surface area (TPSA) is 79.5 Å². The Morgan fingerprint density at radius 1 is 1.24 bits per heavy atom. The summed E-state index contributed by atoms with van der Waals surface area (Å²) in [6.07, 6.45) is 0.866. The Bertz CT molecular complexity index is 1170. The molecule has 7 nitrogen and oxygen atoms in total. The lowest BCUT2D eigenvalue weighted by molar-refractivity contribution is -0.139. The molecule has 0 radical (unpaired) electrons. The minimum Gasteiger partial charge on any atom is -0.461 e. The van der Waals surface area contributed by atoms with Crippen LogP contribution in [-0.2, 0) is 23.1 Å². The molecular formula is C21H22N2O5S. The quantitative estimate of drug-likeness (QED) is 0.579. The highest BCUT2D eigenvalue weighted by atomic mass is 32.1. The predicted molar refractivity (Wildman–Crippen MR) is 111 cm³/mol. The van der Waals surface area contributed by atoms with Gasteiger partial charge < -0.3 is 9.47 Å². The summed E-state index contributed by atoms with van der Waals surface area (Å²) in [6.45, 7) is 3.68. The first kappa shape index (κ1) is 19.6. The number of carbonyl (C=O) groups excluding carboxylic acids is 1. The van der Waals surface area contributed by atoms with Crippen molar-refractivity contribution in [1.82, 2.24) is 9.13 Å². The van der Waals surface area contributed by atoms with Crippen LogP contribution in [0.1, 0.15) is 28.6 Å². The number of hydrogen-bond acceptors (Lipinski definition) is 6. The van der Waals surface area contributed by atoms with Gasteiger partial charge in [-0.15, -0.1) is 11.3 Å². The molecule has 3 heterocycles. The minimum absolute atomic E-state index is 0.110. The molecule has 0 atom stereocenters. The van der Waals surface area contributed by atoms with Gasteiger partial charge in [0.2, 0.25) is 0 Å². The van der Waals surface area contributed by atoms with E-state index in [1.807, 2.05) is 37.3 Å². The second-order valence-corrected chi connectivity index (χ2v) is 8.50. The summed E-state index contributed by atoms with van der Waals surface area (Å²) in [4.78, 5) is 39.0. The Kier molecular flexibility index (Phi) is 5.14. The molecule has 152 valence electrons. The SMILES string of the molecule is CCC1(COC(=O)c2cc3c(=O)n(Cc4ccccc4)c(=O)n(C)c3s2)COC1. The first-order valence-corrected chi connectivity index (χ1v) is 10.3. The highest BCUT2D eigenvalue weighted by Gasteiger charge is 2.38. The van der Waals surface area contributed by atoms with Crippen molar-refractivity contribution in [3.63, 3.8) is 0 Å². The summed E-state index contributed by atoms with van der Waals surface area (Å²) < 4.78 is 13.3. The lowest BCUT2D eigenvalue weighted by Gasteiger charge is -2.39. The van der Waals surface area contributed by atoms with Gasteiger partial charge in [0.05, 0.1) is 30.6 Å². The normalized spacial score (nSPS) is 15.2. The van der Waals surface area contributed by atoms with Gasteiger partial charge in [-0.05, 0) is 18.1 Å². The third kappa shape index (κ3) is 3.54. The monoisotopic (exact) mass is 414 g/mol. The highest BCUT2D eigenvalue weighted by Crippen LogP contribution is 2.32. The number of hydrogen-bond donors (Lipinski definition) is 0. The number of esters is 1. The zero-order valence-electron chi connectivity index (χ0n) is 16.3. The van der Waals surface area contributed by atoms with Gasteiger partial charge in [0.15, 0.2) is 0 Å². The number of fused-ring (bicyclic) bond motifs is 1. The Balaban J connectivity index is 1.66. The molecule has 0 N–H and O–H groups in total. The maximum absolute atomic E-state index is 12.9. The molecule has 0 amide bonds. The predicted octanol–water partition coefficient (Wildman–Crippen LogP) is 2.39. The molecule has 1 fully saturated rings. The molecule has 0 aliphatic carbocycles. The molecular weight excluding hydrogens is 392 g/mol. The van der Waals surface area contributed by atoms with E-state index in [2.05, 4.69) is 0 Å². The number of aromatic nitrogens is 2. The van der Waals surface area contributed by atoms with E-state index in [-0.39, 0.29) is 18.6 Å². The van der Waals surface area contributed by atoms with E-state index < -0.39 is 17.2 Å². The molecule has 0 unspecified atom stereocenters. The summed E-state index contributed by atoms with van der Waals surface area (Å²) in [5.74, 6) is -0.479. The van der Waals surface area contributed by atoms with Crippen LogP contribution in [0.2, 0.25) is 0 Å². The summed E-state index contributed by atoms with van der Waals surface area (Å²) in [7, 11) is 1.61. The summed E-state index contributed by atoms with van der Waals surface area (Å²) >= 11 is 1.10. The van der Waals surface area contributed by atoms with Crippen molar-refractivity contribution in [2.45, 2.75) is 19.9 Å². The van der Waals surface area contributed by atoms with Crippen molar-refractivity contribution in [2.75, 3.05) is 19.8 Å². The second kappa shape index (κ2) is 7.61. The minimum atomic E-state index is -0.479. The van der Waals surface area contributed by atoms with Gasteiger partial charge in [0, 0.05) is 7.05 Å². The number of aryl methyl sites for hydroxylation is 1. The summed E-state index contributed by atoms with van der Waals surface area (Å²) in [5, 5.41) is 0.345. The van der Waals surface area contributed by atoms with E-state index >= 15 is 0 Å². The van der Waals surface area contributed by atoms with Gasteiger partial charge in [-0.25, -0.2) is 9.59 Å². The third-order valence-corrected chi connectivity index (χ3v) is 6.66. The average molecular weight is 414 g/mol. The third-order valence-electron chi connectivity index (χ3n) is 5.47. The van der Waals surface area contributed by atoms with Crippen LogP contribution in [0.25, 0.3) is 10.2 Å². The maximum Gasteiger partial charge on any atom is 0.348 e. The average Bonchev–Trinajstić information content (AvgIpc) is 3.16. The largest absolute Gasteiger partial charge is 0.461 e. The summed E-state index contributed by atoms with van der Waals surface area (Å²) in [6, 6.07) is 10.8. The first-order valence-electron chi connectivity index (χ1n) is 9.46. The highest BCUT2D eigenvalue weighted by molar-refractivity contribution is 7.20. The fraction of sp³-hybridized carbons (Fsp3) is 0.381. The van der Waals surface area contributed by atoms with Gasteiger partial charge in [0.25, 0.3) is 5.56 Å². The maximum atomic E-state index is 12.9. The summed E-state index contributed by atoms with van der Waals surface area (Å²) in [5.41, 5.74) is -0.0699. The van der Waals surface area contributed by atoms with E-state index in [0.29, 0.717) is 28.3 Å². The lowest BCUT2D eigenvalue weighted by Crippen LogP contribution is -2.46. The van der Waals surface area contributed by atoms with E-state index in [4.69, 9.17) is 9.47 Å². The van der Waals surface area contributed by atoms with Crippen molar-refractivity contribution < 1.29 is 14.3 Å². The first-order chi connectivity index (χ1) is 13.9. The molecule has 29 heavy (non-hydrogen) atoms. The fourth-order valence-corrected chi connectivity index (χ4v) is 4.36. The Morgan fingerprint density at radius 3 is 2.59 bits per heavy atom. The zero-order valence-corrected chi connectivity index (χ0v) is 17.2. The second-order valence-electron chi connectivity index (χ2n) is 7.47. The Labute approximate surface area is 171 Å². The van der Waals surface area contributed by atoms with Crippen LogP contribution in [0.15, 0.2) is 46.0 Å². The number of rotatable bonds is 6. The molecule has 1 aromatic carbocycles. The van der Waals surface area contributed by atoms with Crippen LogP contribution < -0.4 is 11.2 Å². The van der Waals surface area contributed by atoms with E-state index in [1.165, 1.54) is 15.2 Å². The van der Waals surface area contributed by atoms with Crippen molar-refractivity contribution >= 4 is 27.5 Å². The van der Waals surface area contributed by atoms with Crippen molar-refractivity contribution in [3.8, 4) is 0 Å². The molecule has 0 bridgehead atoms. The van der Waals surface area contributed by atoms with Gasteiger partial charge >= 0.3 is 11.7 Å². The number of thiophene rings is 1. The van der Waals surface area contributed by atoms with Crippen molar-refractivity contribution in [3.05, 3.63) is 67.7 Å². The number of benzene rings is 1. The molecule has 0 spiro atoms. The van der Waals surface area contributed by atoms with Crippen LogP contribution in [-0.4, -0.2) is 34.9 Å². The van der Waals surface area contributed by atoms with E-state index in [0.717, 1.165) is 23.3 Å². The fourth-order valence-electron chi connectivity index (χ4n) is 3.36. The van der Waals surface area contributed by atoms with Crippen LogP contribution in [0.3, 0.4) is 0 Å². The number of carbonyl (C=O) groups is 1. The number of nitrogens with zero attached hydrogens (tertiary/aromatic N) is 2. The van der Waals surface area contributed by atoms with Crippen LogP contribution in [0, 0.1) is 5.41 Å². The van der Waals surface area contributed by atoms with Gasteiger partial charge in [-0.2, -0.15) is 0 Å². The van der Waals surface area contributed by atoms with Crippen LogP contribution >= 0.6 is 11.3 Å². The molecule has 1 aliphatic heterocycles. The van der Waals surface area contributed by atoms with Gasteiger partial charge in [-0.1, -0.05) is 37.3 Å². The van der Waals surface area contributed by atoms with Crippen molar-refractivity contribution in [1.29, 1.82) is 0 Å². The van der Waals surface area contributed by atoms with Crippen LogP contribution in [0.4, 0.5) is 0 Å². The lowest BCUT2D eigenvalue weighted by atomic mass is 9.84. The smallest absolute Gasteiger partial charge is 0.348 e. The van der Waals surface area contributed by atoms with Gasteiger partial charge in [-0.3, -0.25) is 13.9 Å². The van der Waals surface area contributed by atoms with Gasteiger partial charge in [0.1, 0.15) is 16.3 Å². The molecule has 8 heteroatoms. The molecule has 2 aromatic heterocycles. The van der Waals surface area contributed by atoms with Crippen LogP contribution in [0.5, 0.6) is 0 Å². The van der Waals surface area contributed by atoms with E-state index in [9.17, 15) is 14.4 Å². The molecule has 1 saturated heterocycles. The zero-order chi connectivity index (χ0) is 20.6. The van der Waals surface area contributed by atoms with Crippen molar-refractivity contribution in [2.24, 2.45) is 12.5 Å². The molecule has 4 rings (SSSR count). The molecule has 1 aliphatic rings. The Hall–Kier alpha value is -2.71. The standard InChI is InChI=1S/C21H22N2O5S/c1-3-21(11-27-12-21)13-28-19(25)16-9-15-17(24)23(10-14-7-5-4-6-8-14)20(26)22(2)18(15)29-16/h4-9H,3,10-13H2,1-2H3. The Morgan fingerprint density at radius 2 is 1.97 bits per heavy atom.